The largest absolute Gasteiger partial charge is 0.378 e. The SMILES string of the molecule is CC(=O)C1=CCC(O)(C(C)=O)C=C1. The molecule has 1 atom stereocenters. The van der Waals surface area contributed by atoms with Crippen LogP contribution in [-0.2, 0) is 9.59 Å². The first kappa shape index (κ1) is 9.86. The molecule has 0 aliphatic heterocycles. The van der Waals surface area contributed by atoms with E-state index in [9.17, 15) is 14.7 Å². The lowest BCUT2D eigenvalue weighted by Gasteiger charge is -2.22. The summed E-state index contributed by atoms with van der Waals surface area (Å²) in [5.74, 6) is -0.357. The van der Waals surface area contributed by atoms with Gasteiger partial charge in [0.2, 0.25) is 0 Å². The highest BCUT2D eigenvalue weighted by Crippen LogP contribution is 2.22. The van der Waals surface area contributed by atoms with Gasteiger partial charge in [0.1, 0.15) is 5.60 Å². The van der Waals surface area contributed by atoms with Gasteiger partial charge >= 0.3 is 0 Å². The molecule has 0 saturated heterocycles. The molecule has 0 spiro atoms. The molecule has 1 rings (SSSR count). The van der Waals surface area contributed by atoms with Gasteiger partial charge in [0.25, 0.3) is 0 Å². The number of Topliss-reactive ketones (excluding diaryl/α,β-unsaturated/α-hetero) is 2. The molecule has 0 aromatic carbocycles. The maximum absolute atomic E-state index is 11.0. The average molecular weight is 180 g/mol. The molecule has 0 heterocycles. The summed E-state index contributed by atoms with van der Waals surface area (Å²) in [6, 6.07) is 0. The summed E-state index contributed by atoms with van der Waals surface area (Å²) in [5.41, 5.74) is -0.857. The standard InChI is InChI=1S/C10H12O3/c1-7(11)9-3-5-10(13,6-4-9)8(2)12/h3-5,13H,6H2,1-2H3. The van der Waals surface area contributed by atoms with Crippen LogP contribution in [0.4, 0.5) is 0 Å². The molecular formula is C10H12O3. The molecule has 13 heavy (non-hydrogen) atoms. The first-order valence-electron chi connectivity index (χ1n) is 4.09. The molecule has 1 N–H and O–H groups in total. The van der Waals surface area contributed by atoms with Crippen molar-refractivity contribution >= 4 is 11.6 Å². The van der Waals surface area contributed by atoms with Gasteiger partial charge in [0.15, 0.2) is 11.6 Å². The quantitative estimate of drug-likeness (QED) is 0.683. The lowest BCUT2D eigenvalue weighted by atomic mass is 9.88. The minimum absolute atomic E-state index is 0.0538. The number of rotatable bonds is 2. The topological polar surface area (TPSA) is 54.4 Å². The predicted octanol–water partition coefficient (Wildman–Crippen LogP) is 0.782. The monoisotopic (exact) mass is 180 g/mol. The summed E-state index contributed by atoms with van der Waals surface area (Å²) >= 11 is 0. The van der Waals surface area contributed by atoms with Gasteiger partial charge in [-0.15, -0.1) is 0 Å². The summed E-state index contributed by atoms with van der Waals surface area (Å²) in [4.78, 5) is 21.9. The number of allylic oxidation sites excluding steroid dienone is 2. The summed E-state index contributed by atoms with van der Waals surface area (Å²) in [7, 11) is 0. The summed E-state index contributed by atoms with van der Waals surface area (Å²) < 4.78 is 0. The predicted molar refractivity (Wildman–Crippen MR) is 48.2 cm³/mol. The third-order valence-corrected chi connectivity index (χ3v) is 2.19. The maximum Gasteiger partial charge on any atom is 0.165 e. The Morgan fingerprint density at radius 2 is 2.08 bits per heavy atom. The minimum Gasteiger partial charge on any atom is -0.378 e. The zero-order valence-corrected chi connectivity index (χ0v) is 7.70. The van der Waals surface area contributed by atoms with E-state index in [1.807, 2.05) is 0 Å². The van der Waals surface area contributed by atoms with Crippen LogP contribution in [0.2, 0.25) is 0 Å². The lowest BCUT2D eigenvalue weighted by molar-refractivity contribution is -0.130. The second kappa shape index (κ2) is 3.26. The third kappa shape index (κ3) is 1.92. The molecule has 0 radical (unpaired) electrons. The fourth-order valence-electron chi connectivity index (χ4n) is 1.15. The Morgan fingerprint density at radius 1 is 1.46 bits per heavy atom. The van der Waals surface area contributed by atoms with Crippen LogP contribution in [0.25, 0.3) is 0 Å². The second-order valence-electron chi connectivity index (χ2n) is 3.23. The van der Waals surface area contributed by atoms with Gasteiger partial charge in [-0.3, -0.25) is 9.59 Å². The van der Waals surface area contributed by atoms with Gasteiger partial charge in [0.05, 0.1) is 0 Å². The Bertz CT molecular complexity index is 312. The fourth-order valence-corrected chi connectivity index (χ4v) is 1.15. The van der Waals surface area contributed by atoms with Crippen LogP contribution in [-0.4, -0.2) is 22.3 Å². The van der Waals surface area contributed by atoms with Crippen molar-refractivity contribution in [2.45, 2.75) is 25.9 Å². The van der Waals surface area contributed by atoms with Gasteiger partial charge in [0, 0.05) is 12.0 Å². The lowest BCUT2D eigenvalue weighted by Crippen LogP contribution is -2.35. The summed E-state index contributed by atoms with van der Waals surface area (Å²) in [6.45, 7) is 2.78. The molecule has 1 aliphatic rings. The Hall–Kier alpha value is -1.22. The highest BCUT2D eigenvalue weighted by atomic mass is 16.3. The van der Waals surface area contributed by atoms with Crippen LogP contribution in [0.3, 0.4) is 0 Å². The van der Waals surface area contributed by atoms with Crippen molar-refractivity contribution in [1.82, 2.24) is 0 Å². The second-order valence-corrected chi connectivity index (χ2v) is 3.23. The van der Waals surface area contributed by atoms with Crippen molar-refractivity contribution in [3.8, 4) is 0 Å². The van der Waals surface area contributed by atoms with E-state index in [0.29, 0.717) is 5.57 Å². The van der Waals surface area contributed by atoms with Crippen molar-refractivity contribution in [1.29, 1.82) is 0 Å². The highest BCUT2D eigenvalue weighted by molar-refractivity contribution is 5.97. The Balaban J connectivity index is 2.85. The normalized spacial score (nSPS) is 26.8. The number of hydrogen-bond acceptors (Lipinski definition) is 3. The van der Waals surface area contributed by atoms with Crippen LogP contribution < -0.4 is 0 Å². The van der Waals surface area contributed by atoms with E-state index in [0.717, 1.165) is 0 Å². The number of ketones is 2. The Labute approximate surface area is 76.8 Å². The van der Waals surface area contributed by atoms with E-state index in [1.165, 1.54) is 26.0 Å². The first-order valence-corrected chi connectivity index (χ1v) is 4.09. The number of hydrogen-bond donors (Lipinski definition) is 1. The smallest absolute Gasteiger partial charge is 0.165 e. The molecule has 0 aromatic rings. The molecule has 0 bridgehead atoms. The van der Waals surface area contributed by atoms with Gasteiger partial charge in [-0.2, -0.15) is 0 Å². The highest BCUT2D eigenvalue weighted by Gasteiger charge is 2.30. The Morgan fingerprint density at radius 3 is 2.38 bits per heavy atom. The molecule has 70 valence electrons. The molecule has 3 nitrogen and oxygen atoms in total. The van der Waals surface area contributed by atoms with Gasteiger partial charge in [-0.05, 0) is 19.9 Å². The number of carbonyl (C=O) groups excluding carboxylic acids is 2. The zero-order valence-electron chi connectivity index (χ0n) is 7.70. The number of carbonyl (C=O) groups is 2. The molecule has 0 saturated carbocycles. The molecule has 1 aliphatic carbocycles. The van der Waals surface area contributed by atoms with E-state index >= 15 is 0 Å². The molecule has 1 unspecified atom stereocenters. The Kier molecular flexibility index (Phi) is 2.48. The van der Waals surface area contributed by atoms with Gasteiger partial charge in [-0.25, -0.2) is 0 Å². The van der Waals surface area contributed by atoms with Crippen molar-refractivity contribution in [2.24, 2.45) is 0 Å². The van der Waals surface area contributed by atoms with Crippen LogP contribution >= 0.6 is 0 Å². The van der Waals surface area contributed by atoms with Crippen molar-refractivity contribution < 1.29 is 14.7 Å². The fraction of sp³-hybridized carbons (Fsp3) is 0.400. The van der Waals surface area contributed by atoms with Crippen LogP contribution in [0.5, 0.6) is 0 Å². The van der Waals surface area contributed by atoms with Crippen LogP contribution in [0, 0.1) is 0 Å². The van der Waals surface area contributed by atoms with E-state index < -0.39 is 5.60 Å². The van der Waals surface area contributed by atoms with Crippen molar-refractivity contribution in [3.63, 3.8) is 0 Å². The average Bonchev–Trinajstić information content (AvgIpc) is 2.04. The molecular weight excluding hydrogens is 168 g/mol. The maximum atomic E-state index is 11.0. The molecule has 0 aromatic heterocycles. The van der Waals surface area contributed by atoms with Crippen LogP contribution in [0.15, 0.2) is 23.8 Å². The van der Waals surface area contributed by atoms with E-state index in [-0.39, 0.29) is 18.0 Å². The van der Waals surface area contributed by atoms with E-state index in [4.69, 9.17) is 0 Å². The van der Waals surface area contributed by atoms with E-state index in [2.05, 4.69) is 0 Å². The molecule has 0 amide bonds. The molecule has 3 heteroatoms. The zero-order chi connectivity index (χ0) is 10.1. The van der Waals surface area contributed by atoms with E-state index in [1.54, 1.807) is 6.08 Å². The first-order chi connectivity index (χ1) is 5.96. The third-order valence-electron chi connectivity index (χ3n) is 2.19. The van der Waals surface area contributed by atoms with Gasteiger partial charge in [-0.1, -0.05) is 12.2 Å². The number of aliphatic hydroxyl groups is 1. The van der Waals surface area contributed by atoms with Crippen molar-refractivity contribution in [3.05, 3.63) is 23.8 Å². The van der Waals surface area contributed by atoms with Crippen molar-refractivity contribution in [2.75, 3.05) is 0 Å². The minimum atomic E-state index is -1.40. The van der Waals surface area contributed by atoms with Crippen LogP contribution in [0.1, 0.15) is 20.3 Å². The summed E-state index contributed by atoms with van der Waals surface area (Å²) in [5, 5.41) is 9.66. The molecule has 0 fully saturated rings. The summed E-state index contributed by atoms with van der Waals surface area (Å²) in [6.07, 6.45) is 4.65. The van der Waals surface area contributed by atoms with Gasteiger partial charge < -0.3 is 5.11 Å².